The number of allylic oxidation sites excluding steroid dienone is 3. The van der Waals surface area contributed by atoms with Gasteiger partial charge >= 0.3 is 18.9 Å². The van der Waals surface area contributed by atoms with E-state index in [1.165, 1.54) is 0 Å². The molecule has 0 saturated heterocycles. The fourth-order valence-corrected chi connectivity index (χ4v) is 0.996. The summed E-state index contributed by atoms with van der Waals surface area (Å²) in [6.45, 7) is 11.8. The number of hydrogen-bond acceptors (Lipinski definition) is 0. The minimum atomic E-state index is 0. The molecule has 0 bridgehead atoms. The Kier molecular flexibility index (Phi) is 12.1. The summed E-state index contributed by atoms with van der Waals surface area (Å²) in [5, 5.41) is 0. The van der Waals surface area contributed by atoms with E-state index in [4.69, 9.17) is 0 Å². The Labute approximate surface area is 84.2 Å². The van der Waals surface area contributed by atoms with Crippen LogP contribution in [0.5, 0.6) is 0 Å². The van der Waals surface area contributed by atoms with E-state index in [2.05, 4.69) is 19.7 Å². The molecule has 0 aliphatic heterocycles. The third-order valence-corrected chi connectivity index (χ3v) is 1.50. The minimum Gasteiger partial charge on any atom is -1.00 e. The summed E-state index contributed by atoms with van der Waals surface area (Å²) in [5.74, 6) is 0. The summed E-state index contributed by atoms with van der Waals surface area (Å²) in [5.41, 5.74) is 0. The van der Waals surface area contributed by atoms with Crippen molar-refractivity contribution in [3.8, 4) is 0 Å². The zero-order chi connectivity index (χ0) is 7.82. The van der Waals surface area contributed by atoms with Crippen LogP contribution in [0.2, 0.25) is 19.0 Å². The number of rotatable bonds is 6. The molecule has 0 heterocycles. The maximum atomic E-state index is 3.70. The summed E-state index contributed by atoms with van der Waals surface area (Å²) < 4.78 is 0. The predicted octanol–water partition coefficient (Wildman–Crippen LogP) is 0.156. The van der Waals surface area contributed by atoms with E-state index < -0.39 is 0 Å². The van der Waals surface area contributed by atoms with Crippen LogP contribution in [-0.2, 0) is 0 Å². The molecule has 0 fully saturated rings. The van der Waals surface area contributed by atoms with Crippen LogP contribution in [-0.4, -0.2) is 6.71 Å². The van der Waals surface area contributed by atoms with E-state index >= 15 is 0 Å². The SMILES string of the molecule is C=CCB(CC=C)CC=C.[H-].[Li+]. The molecule has 0 spiro atoms. The van der Waals surface area contributed by atoms with Gasteiger partial charge in [-0.3, -0.25) is 0 Å². The van der Waals surface area contributed by atoms with Gasteiger partial charge in [0, 0.05) is 0 Å². The van der Waals surface area contributed by atoms with Gasteiger partial charge in [-0.25, -0.2) is 0 Å². The normalized spacial score (nSPS) is 7.64. The quantitative estimate of drug-likeness (QED) is 0.366. The molecule has 2 heteroatoms. The van der Waals surface area contributed by atoms with Gasteiger partial charge in [-0.2, -0.15) is 0 Å². The molecule has 0 radical (unpaired) electrons. The van der Waals surface area contributed by atoms with E-state index in [0.29, 0.717) is 6.71 Å². The molecule has 0 nitrogen and oxygen atoms in total. The van der Waals surface area contributed by atoms with Crippen molar-refractivity contribution in [3.63, 3.8) is 0 Å². The van der Waals surface area contributed by atoms with Gasteiger partial charge in [0.2, 0.25) is 0 Å². The van der Waals surface area contributed by atoms with Crippen LogP contribution < -0.4 is 18.9 Å². The van der Waals surface area contributed by atoms with Crippen LogP contribution in [0.3, 0.4) is 0 Å². The van der Waals surface area contributed by atoms with Gasteiger partial charge in [-0.1, -0.05) is 37.2 Å². The third-order valence-electron chi connectivity index (χ3n) is 1.50. The Morgan fingerprint density at radius 1 is 0.909 bits per heavy atom. The van der Waals surface area contributed by atoms with Crippen LogP contribution in [0.15, 0.2) is 38.0 Å². The van der Waals surface area contributed by atoms with Crippen LogP contribution in [0, 0.1) is 0 Å². The zero-order valence-corrected chi connectivity index (χ0v) is 7.55. The largest absolute Gasteiger partial charge is 1.00 e. The Morgan fingerprint density at radius 3 is 1.36 bits per heavy atom. The molecule has 0 rings (SSSR count). The summed E-state index contributed by atoms with van der Waals surface area (Å²) in [6, 6.07) is 0. The number of hydrogen-bond donors (Lipinski definition) is 0. The monoisotopic (exact) mass is 142 g/mol. The van der Waals surface area contributed by atoms with Gasteiger partial charge in [-0.15, -0.1) is 19.7 Å². The van der Waals surface area contributed by atoms with Gasteiger partial charge in [0.1, 0.15) is 0 Å². The Hall–Kier alpha value is -0.118. The Balaban J connectivity index is -0.000000405. The van der Waals surface area contributed by atoms with E-state index in [1.54, 1.807) is 0 Å². The van der Waals surface area contributed by atoms with Crippen molar-refractivity contribution in [2.75, 3.05) is 0 Å². The van der Waals surface area contributed by atoms with E-state index in [-0.39, 0.29) is 20.3 Å². The molecular formula is C9H16BLi. The molecule has 56 valence electrons. The van der Waals surface area contributed by atoms with E-state index in [9.17, 15) is 0 Å². The van der Waals surface area contributed by atoms with Crippen molar-refractivity contribution in [3.05, 3.63) is 38.0 Å². The fourth-order valence-electron chi connectivity index (χ4n) is 0.996. The molecule has 11 heavy (non-hydrogen) atoms. The van der Waals surface area contributed by atoms with Crippen molar-refractivity contribution < 1.29 is 20.3 Å². The molecule has 0 aromatic rings. The Bertz CT molecular complexity index is 102. The van der Waals surface area contributed by atoms with Crippen molar-refractivity contribution in [2.45, 2.75) is 19.0 Å². The van der Waals surface area contributed by atoms with E-state index in [0.717, 1.165) is 19.0 Å². The average Bonchev–Trinajstić information content (AvgIpc) is 1.90. The second kappa shape index (κ2) is 9.88. The predicted molar refractivity (Wildman–Crippen MR) is 51.9 cm³/mol. The topological polar surface area (TPSA) is 0 Å². The van der Waals surface area contributed by atoms with Gasteiger partial charge in [0.15, 0.2) is 6.71 Å². The molecule has 0 aromatic carbocycles. The van der Waals surface area contributed by atoms with Gasteiger partial charge in [-0.05, 0) is 0 Å². The van der Waals surface area contributed by atoms with Gasteiger partial charge in [0.25, 0.3) is 0 Å². The van der Waals surface area contributed by atoms with Crippen LogP contribution in [0.4, 0.5) is 0 Å². The van der Waals surface area contributed by atoms with Crippen molar-refractivity contribution >= 4 is 6.71 Å². The first-order valence-electron chi connectivity index (χ1n) is 3.67. The van der Waals surface area contributed by atoms with Crippen LogP contribution >= 0.6 is 0 Å². The second-order valence-electron chi connectivity index (χ2n) is 2.44. The first kappa shape index (κ1) is 13.5. The van der Waals surface area contributed by atoms with Gasteiger partial charge < -0.3 is 1.43 Å². The molecule has 0 amide bonds. The molecule has 0 aliphatic carbocycles. The summed E-state index contributed by atoms with van der Waals surface area (Å²) in [7, 11) is 0. The average molecular weight is 142 g/mol. The summed E-state index contributed by atoms with van der Waals surface area (Å²) in [4.78, 5) is 0. The maximum absolute atomic E-state index is 3.70. The third kappa shape index (κ3) is 7.78. The zero-order valence-electron chi connectivity index (χ0n) is 8.55. The molecule has 0 unspecified atom stereocenters. The van der Waals surface area contributed by atoms with Crippen molar-refractivity contribution in [1.82, 2.24) is 0 Å². The maximum Gasteiger partial charge on any atom is 1.00 e. The smallest absolute Gasteiger partial charge is 1.00 e. The molecular weight excluding hydrogens is 126 g/mol. The minimum absolute atomic E-state index is 0. The van der Waals surface area contributed by atoms with Crippen LogP contribution in [0.1, 0.15) is 1.43 Å². The van der Waals surface area contributed by atoms with Crippen molar-refractivity contribution in [1.29, 1.82) is 0 Å². The standard InChI is InChI=1S/C9H15B.Li.H/c1-4-7-10(8-5-2)9-6-3;;/h4-6H,1-3,7-9H2;;/q;+1;-1. The molecule has 0 aliphatic rings. The molecule has 0 N–H and O–H groups in total. The molecule has 0 atom stereocenters. The van der Waals surface area contributed by atoms with E-state index in [1.807, 2.05) is 18.2 Å². The second-order valence-corrected chi connectivity index (χ2v) is 2.44. The fraction of sp³-hybridized carbons (Fsp3) is 0.333. The van der Waals surface area contributed by atoms with Crippen molar-refractivity contribution in [2.24, 2.45) is 0 Å². The molecule has 0 saturated carbocycles. The molecule has 0 aromatic heterocycles. The Morgan fingerprint density at radius 2 is 1.18 bits per heavy atom. The van der Waals surface area contributed by atoms with Gasteiger partial charge in [0.05, 0.1) is 0 Å². The summed E-state index contributed by atoms with van der Waals surface area (Å²) in [6.07, 6.45) is 9.07. The first-order valence-corrected chi connectivity index (χ1v) is 3.67. The summed E-state index contributed by atoms with van der Waals surface area (Å²) >= 11 is 0. The first-order chi connectivity index (χ1) is 4.85. The van der Waals surface area contributed by atoms with Crippen LogP contribution in [0.25, 0.3) is 0 Å².